The maximum atomic E-state index is 14.6. The number of hydrogen-bond acceptors (Lipinski definition) is 19. The summed E-state index contributed by atoms with van der Waals surface area (Å²) in [5, 5.41) is 55.1. The molecule has 1 heterocycles. The number of carbonyl (C=O) groups is 12. The number of nitrogens with one attached hydrogen (secondary N) is 11. The Hall–Kier alpha value is -10.4. The number of H-pyrrole nitrogens is 1. The number of amides is 10. The van der Waals surface area contributed by atoms with Crippen LogP contribution in [0.15, 0.2) is 51.8 Å². The van der Waals surface area contributed by atoms with Crippen molar-refractivity contribution in [2.45, 2.75) is 178 Å². The van der Waals surface area contributed by atoms with Crippen molar-refractivity contribution in [3.63, 3.8) is 0 Å². The number of aromatic hydroxyl groups is 1. The third-order valence-electron chi connectivity index (χ3n) is 14.5. The van der Waals surface area contributed by atoms with Crippen LogP contribution in [0.25, 0.3) is 0 Å². The number of guanidine groups is 3. The van der Waals surface area contributed by atoms with Gasteiger partial charge in [-0.25, -0.2) is 9.78 Å². The van der Waals surface area contributed by atoms with Gasteiger partial charge in [-0.1, -0.05) is 39.8 Å². The van der Waals surface area contributed by atoms with E-state index in [0.29, 0.717) is 37.1 Å². The number of aliphatic imine (C=N–C) groups is 3. The number of phenols is 1. The minimum absolute atomic E-state index is 0.0133. The van der Waals surface area contributed by atoms with Crippen LogP contribution in [0.3, 0.4) is 0 Å². The van der Waals surface area contributed by atoms with Gasteiger partial charge in [-0.15, -0.1) is 0 Å². The van der Waals surface area contributed by atoms with Gasteiger partial charge in [-0.05, 0) is 107 Å². The van der Waals surface area contributed by atoms with Crippen molar-refractivity contribution >= 4 is 88.9 Å². The van der Waals surface area contributed by atoms with Gasteiger partial charge in [-0.2, -0.15) is 0 Å². The predicted octanol–water partition coefficient (Wildman–Crippen LogP) is -6.72. The second kappa shape index (κ2) is 43.6. The van der Waals surface area contributed by atoms with Crippen molar-refractivity contribution < 1.29 is 72.9 Å². The highest BCUT2D eigenvalue weighted by Gasteiger charge is 2.37. The molecule has 2 aromatic rings. The van der Waals surface area contributed by atoms with Crippen LogP contribution >= 0.6 is 0 Å². The lowest BCUT2D eigenvalue weighted by molar-refractivity contribution is -0.143. The molecule has 0 saturated heterocycles. The summed E-state index contributed by atoms with van der Waals surface area (Å²) in [5.41, 5.74) is 45.3. The Kier molecular flexibility index (Phi) is 37.1. The van der Waals surface area contributed by atoms with Gasteiger partial charge in [-0.3, -0.25) is 67.7 Å². The number of nitrogens with two attached hydrogens (primary N) is 8. The molecule has 10 amide bonds. The zero-order valence-electron chi connectivity index (χ0n) is 55.3. The molecule has 97 heavy (non-hydrogen) atoms. The van der Waals surface area contributed by atoms with Crippen molar-refractivity contribution in [2.24, 2.45) is 72.7 Å². The number of unbranched alkanes of at least 4 members (excludes halogenated alkanes) is 1. The molecular formula is C59H99N23O15. The smallest absolute Gasteiger partial charge is 0.326 e. The number of primary amides is 1. The van der Waals surface area contributed by atoms with Crippen LogP contribution in [0.1, 0.15) is 116 Å². The first kappa shape index (κ1) is 82.7. The molecule has 38 heteroatoms. The second-order valence-corrected chi connectivity index (χ2v) is 23.7. The number of carboxylic acid groups (broad SMARTS) is 2. The number of benzene rings is 1. The fraction of sp³-hybridized carbons (Fsp3) is 0.593. The molecule has 0 aliphatic rings. The Balaban J connectivity index is 2.52. The van der Waals surface area contributed by atoms with E-state index in [0.717, 1.165) is 0 Å². The van der Waals surface area contributed by atoms with Crippen LogP contribution in [0, 0.1) is 11.8 Å². The molecule has 0 unspecified atom stereocenters. The molecule has 1 aromatic heterocycles. The average Bonchev–Trinajstić information content (AvgIpc) is 1.49. The fourth-order valence-electron chi connectivity index (χ4n) is 9.47. The van der Waals surface area contributed by atoms with E-state index >= 15 is 0 Å². The van der Waals surface area contributed by atoms with E-state index in [2.05, 4.69) is 78.1 Å². The monoisotopic (exact) mass is 1370 g/mol. The van der Waals surface area contributed by atoms with Gasteiger partial charge in [0.25, 0.3) is 0 Å². The van der Waals surface area contributed by atoms with Crippen LogP contribution < -0.4 is 99.0 Å². The van der Waals surface area contributed by atoms with Crippen molar-refractivity contribution in [1.82, 2.24) is 63.1 Å². The maximum absolute atomic E-state index is 14.6. The lowest BCUT2D eigenvalue weighted by Gasteiger charge is -2.29. The fourth-order valence-corrected chi connectivity index (χ4v) is 9.47. The van der Waals surface area contributed by atoms with Gasteiger partial charge in [0.15, 0.2) is 17.9 Å². The maximum Gasteiger partial charge on any atom is 0.326 e. The molecule has 0 spiro atoms. The Bertz CT molecular complexity index is 3010. The summed E-state index contributed by atoms with van der Waals surface area (Å²) < 4.78 is 0. The lowest BCUT2D eigenvalue weighted by atomic mass is 9.98. The number of imidazole rings is 1. The summed E-state index contributed by atoms with van der Waals surface area (Å²) in [7, 11) is 1.72. The van der Waals surface area contributed by atoms with Gasteiger partial charge >= 0.3 is 11.9 Å². The average molecular weight is 1370 g/mol. The third-order valence-corrected chi connectivity index (χ3v) is 14.5. The van der Waals surface area contributed by atoms with E-state index < -0.39 is 150 Å². The molecule has 0 saturated carbocycles. The Morgan fingerprint density at radius 2 is 0.918 bits per heavy atom. The van der Waals surface area contributed by atoms with Gasteiger partial charge in [0, 0.05) is 44.4 Å². The first-order valence-corrected chi connectivity index (χ1v) is 31.5. The highest BCUT2D eigenvalue weighted by molar-refractivity contribution is 6.00. The van der Waals surface area contributed by atoms with Crippen molar-refractivity contribution in [2.75, 3.05) is 33.2 Å². The summed E-state index contributed by atoms with van der Waals surface area (Å²) >= 11 is 0. The molecule has 0 fully saturated rings. The molecule has 38 nitrogen and oxygen atoms in total. The normalized spacial score (nSPS) is 14.1. The first-order chi connectivity index (χ1) is 45.7. The van der Waals surface area contributed by atoms with Crippen molar-refractivity contribution in [3.8, 4) is 5.75 Å². The molecule has 0 radical (unpaired) electrons. The second-order valence-electron chi connectivity index (χ2n) is 23.7. The molecule has 0 bridgehead atoms. The summed E-state index contributed by atoms with van der Waals surface area (Å²) in [6, 6.07) is -9.94. The Labute approximate surface area is 560 Å². The van der Waals surface area contributed by atoms with Crippen LogP contribution in [-0.4, -0.2) is 208 Å². The predicted molar refractivity (Wildman–Crippen MR) is 355 cm³/mol. The number of hydrogen-bond donors (Lipinski definition) is 22. The summed E-state index contributed by atoms with van der Waals surface area (Å²) in [5.74, 6) is -15.0. The molecule has 2 rings (SSSR count). The van der Waals surface area contributed by atoms with Gasteiger partial charge in [0.05, 0.1) is 25.2 Å². The summed E-state index contributed by atoms with van der Waals surface area (Å²) in [6.07, 6.45) is 1.30. The molecule has 0 aliphatic heterocycles. The van der Waals surface area contributed by atoms with Crippen LogP contribution in [0.5, 0.6) is 5.75 Å². The van der Waals surface area contributed by atoms with Crippen LogP contribution in [0.2, 0.25) is 0 Å². The first-order valence-electron chi connectivity index (χ1n) is 31.5. The molecule has 30 N–H and O–H groups in total. The molecule has 0 aliphatic carbocycles. The number of rotatable bonds is 47. The standard InChI is InChI=1S/C59H99N23O15/c1-30(2)23-39(51(91)75-38(14-10-22-72-59(66)67)49(89)79-42(27-45(85)86)54(94)78-41(26-44(61)84)53(93)81-43(56(96)97)24-32-15-17-34(83)18-16-32)80-55(95)46(31(3)4)82-50(90)36(12-6-7-19-68-5)74-48(88)37(13-9-21-71-58(64)65)76-52(92)40(25-33-28-69-29-73-33)77-47(87)35(60)11-8-20-70-57(62)63/h15-18,28-31,35-43,46,68,83H,6-14,19-27,60H2,1-5H3,(H2,61,84)(H,69,73)(H,74,88)(H,75,91)(H,76,92)(H,77,87)(H,78,94)(H,79,89)(H,80,95)(H,81,93)(H,82,90)(H,85,86)(H,96,97)(H4,62,63,70)(H4,64,65,71)(H4,66,67,72)/t35-,36-,37-,38-,39-,40-,41-,42-,43-,46-/m0/s1. The quantitative estimate of drug-likeness (QED) is 0.0166. The number of carbonyl (C=O) groups excluding carboxylic acids is 10. The van der Waals surface area contributed by atoms with E-state index in [1.165, 1.54) is 36.8 Å². The number of aromatic amines is 1. The summed E-state index contributed by atoms with van der Waals surface area (Å²) in [6.45, 7) is 7.25. The van der Waals surface area contributed by atoms with E-state index in [-0.39, 0.29) is 107 Å². The lowest BCUT2D eigenvalue weighted by Crippen LogP contribution is -2.61. The number of phenolic OH excluding ortho intramolecular Hbond substituents is 1. The Morgan fingerprint density at radius 3 is 1.36 bits per heavy atom. The van der Waals surface area contributed by atoms with Gasteiger partial charge < -0.3 is 119 Å². The van der Waals surface area contributed by atoms with Gasteiger partial charge in [0.2, 0.25) is 59.1 Å². The van der Waals surface area contributed by atoms with E-state index in [1.54, 1.807) is 34.7 Å². The molecule has 540 valence electrons. The number of aromatic nitrogens is 2. The van der Waals surface area contributed by atoms with Gasteiger partial charge in [0.1, 0.15) is 60.1 Å². The number of aliphatic carboxylic acids is 2. The summed E-state index contributed by atoms with van der Waals surface area (Å²) in [4.78, 5) is 183. The minimum Gasteiger partial charge on any atom is -0.508 e. The molecule has 1 aromatic carbocycles. The highest BCUT2D eigenvalue weighted by Crippen LogP contribution is 2.15. The molecule has 10 atom stereocenters. The minimum atomic E-state index is -2.04. The molecular weight excluding hydrogens is 1270 g/mol. The zero-order chi connectivity index (χ0) is 72.9. The zero-order valence-corrected chi connectivity index (χ0v) is 55.3. The Morgan fingerprint density at radius 1 is 0.495 bits per heavy atom. The SMILES string of the molecule is CNCCCC[C@H](NC(=O)[C@H](CCCN=C(N)N)NC(=O)[C@H](Cc1cnc[nH]1)NC(=O)[C@@H](N)CCCN=C(N)N)C(=O)N[C@H](C(=O)N[C@@H](CC(C)C)C(=O)N[C@@H](CCCN=C(N)N)C(=O)N[C@@H](CC(=O)O)C(=O)N[C@@H](CC(N)=O)C(=O)N[C@@H](Cc1ccc(O)cc1)C(=O)O)C(C)C. The van der Waals surface area contributed by atoms with Crippen molar-refractivity contribution in [3.05, 3.63) is 48.0 Å². The van der Waals surface area contributed by atoms with Crippen molar-refractivity contribution in [1.29, 1.82) is 0 Å². The number of nitrogens with zero attached hydrogens (tertiary/aromatic N) is 4. The largest absolute Gasteiger partial charge is 0.508 e. The highest BCUT2D eigenvalue weighted by atomic mass is 16.4. The number of carboxylic acids is 2. The van der Waals surface area contributed by atoms with E-state index in [4.69, 9.17) is 45.9 Å². The van der Waals surface area contributed by atoms with Crippen LogP contribution in [-0.2, 0) is 70.4 Å². The third kappa shape index (κ3) is 33.5. The van der Waals surface area contributed by atoms with E-state index in [1.807, 2.05) is 0 Å². The van der Waals surface area contributed by atoms with Crippen LogP contribution in [0.4, 0.5) is 0 Å². The van der Waals surface area contributed by atoms with E-state index in [9.17, 15) is 72.9 Å². The topological polar surface area (TPSA) is 660 Å².